The number of amides is 1. The molecule has 0 saturated heterocycles. The van der Waals surface area contributed by atoms with Crippen LogP contribution in [0.15, 0.2) is 18.5 Å². The van der Waals surface area contributed by atoms with Gasteiger partial charge in [-0.25, -0.2) is 0 Å². The maximum atomic E-state index is 11.9. The molecule has 1 heterocycles. The molecule has 1 aliphatic rings. The summed E-state index contributed by atoms with van der Waals surface area (Å²) in [6, 6.07) is 2.00. The van der Waals surface area contributed by atoms with E-state index in [-0.39, 0.29) is 11.8 Å². The molecule has 0 aliphatic heterocycles. The third-order valence-electron chi connectivity index (χ3n) is 3.20. The van der Waals surface area contributed by atoms with E-state index in [2.05, 4.69) is 17.2 Å². The number of rotatable bonds is 3. The van der Waals surface area contributed by atoms with Gasteiger partial charge in [-0.05, 0) is 30.9 Å². The van der Waals surface area contributed by atoms with Crippen LogP contribution in [0.25, 0.3) is 0 Å². The Labute approximate surface area is 96.3 Å². The number of carbonyl (C=O) groups excluding carboxylic acids is 1. The molecule has 86 valence electrons. The lowest BCUT2D eigenvalue weighted by Gasteiger charge is -2.10. The standard InChI is InChI=1S/C13H18N2O/c1-2-10-7-12(9-14-8-10)15-13(16)11-5-3-4-6-11/h7-9,11H,2-6H2,1H3,(H,15,16). The molecule has 0 spiro atoms. The topological polar surface area (TPSA) is 42.0 Å². The van der Waals surface area contributed by atoms with Gasteiger partial charge < -0.3 is 5.32 Å². The predicted molar refractivity (Wildman–Crippen MR) is 64.2 cm³/mol. The smallest absolute Gasteiger partial charge is 0.227 e. The minimum Gasteiger partial charge on any atom is -0.324 e. The van der Waals surface area contributed by atoms with Crippen LogP contribution in [0, 0.1) is 5.92 Å². The maximum Gasteiger partial charge on any atom is 0.227 e. The Morgan fingerprint density at radius 3 is 2.88 bits per heavy atom. The summed E-state index contributed by atoms with van der Waals surface area (Å²) in [4.78, 5) is 16.0. The highest BCUT2D eigenvalue weighted by Crippen LogP contribution is 2.25. The lowest BCUT2D eigenvalue weighted by Crippen LogP contribution is -2.20. The van der Waals surface area contributed by atoms with Crippen LogP contribution in [0.4, 0.5) is 5.69 Å². The van der Waals surface area contributed by atoms with E-state index in [9.17, 15) is 4.79 Å². The van der Waals surface area contributed by atoms with Crippen molar-refractivity contribution in [2.75, 3.05) is 5.32 Å². The van der Waals surface area contributed by atoms with Gasteiger partial charge in [0, 0.05) is 12.1 Å². The quantitative estimate of drug-likeness (QED) is 0.847. The number of hydrogen-bond donors (Lipinski definition) is 1. The number of carbonyl (C=O) groups is 1. The fraction of sp³-hybridized carbons (Fsp3) is 0.538. The first-order valence-corrected chi connectivity index (χ1v) is 6.04. The number of aryl methyl sites for hydroxylation is 1. The third-order valence-corrected chi connectivity index (χ3v) is 3.20. The second-order valence-corrected chi connectivity index (χ2v) is 4.41. The van der Waals surface area contributed by atoms with Crippen LogP contribution >= 0.6 is 0 Å². The molecule has 1 saturated carbocycles. The van der Waals surface area contributed by atoms with Gasteiger partial charge in [0.25, 0.3) is 0 Å². The minimum atomic E-state index is 0.160. The van der Waals surface area contributed by atoms with E-state index in [1.807, 2.05) is 12.3 Å². The van der Waals surface area contributed by atoms with Crippen molar-refractivity contribution < 1.29 is 4.79 Å². The van der Waals surface area contributed by atoms with Crippen molar-refractivity contribution in [2.24, 2.45) is 5.92 Å². The molecule has 1 fully saturated rings. The van der Waals surface area contributed by atoms with Crippen LogP contribution in [0.3, 0.4) is 0 Å². The Morgan fingerprint density at radius 2 is 2.19 bits per heavy atom. The van der Waals surface area contributed by atoms with Crippen molar-refractivity contribution in [3.05, 3.63) is 24.0 Å². The Hall–Kier alpha value is -1.38. The summed E-state index contributed by atoms with van der Waals surface area (Å²) in [7, 11) is 0. The first-order valence-electron chi connectivity index (χ1n) is 6.04. The molecule has 0 atom stereocenters. The summed E-state index contributed by atoms with van der Waals surface area (Å²) in [5.41, 5.74) is 1.99. The molecule has 0 aromatic carbocycles. The summed E-state index contributed by atoms with van der Waals surface area (Å²) in [6.45, 7) is 2.08. The van der Waals surface area contributed by atoms with Crippen molar-refractivity contribution in [1.82, 2.24) is 4.98 Å². The molecule has 1 N–H and O–H groups in total. The normalized spacial score (nSPS) is 16.3. The van der Waals surface area contributed by atoms with E-state index in [4.69, 9.17) is 0 Å². The van der Waals surface area contributed by atoms with Crippen LogP contribution in [0.5, 0.6) is 0 Å². The maximum absolute atomic E-state index is 11.9. The molecule has 1 aromatic heterocycles. The highest BCUT2D eigenvalue weighted by molar-refractivity contribution is 5.92. The molecule has 1 aromatic rings. The van der Waals surface area contributed by atoms with Crippen molar-refractivity contribution in [3.8, 4) is 0 Å². The molecule has 2 rings (SSSR count). The van der Waals surface area contributed by atoms with Gasteiger partial charge in [-0.2, -0.15) is 0 Å². The average molecular weight is 218 g/mol. The minimum absolute atomic E-state index is 0.160. The van der Waals surface area contributed by atoms with Gasteiger partial charge in [0.1, 0.15) is 0 Å². The van der Waals surface area contributed by atoms with Crippen LogP contribution in [-0.4, -0.2) is 10.9 Å². The highest BCUT2D eigenvalue weighted by atomic mass is 16.1. The summed E-state index contributed by atoms with van der Waals surface area (Å²) in [6.07, 6.45) is 8.94. The van der Waals surface area contributed by atoms with Crippen LogP contribution in [0.2, 0.25) is 0 Å². The van der Waals surface area contributed by atoms with E-state index in [0.29, 0.717) is 0 Å². The summed E-state index contributed by atoms with van der Waals surface area (Å²) in [5.74, 6) is 0.373. The average Bonchev–Trinajstić information content (AvgIpc) is 2.83. The molecule has 0 bridgehead atoms. The van der Waals surface area contributed by atoms with Crippen molar-refractivity contribution in [3.63, 3.8) is 0 Å². The number of anilines is 1. The number of pyridine rings is 1. The zero-order chi connectivity index (χ0) is 11.4. The Morgan fingerprint density at radius 1 is 1.44 bits per heavy atom. The summed E-state index contributed by atoms with van der Waals surface area (Å²) < 4.78 is 0. The number of hydrogen-bond acceptors (Lipinski definition) is 2. The van der Waals surface area contributed by atoms with E-state index in [1.165, 1.54) is 12.8 Å². The Bertz CT molecular complexity index is 370. The van der Waals surface area contributed by atoms with Crippen LogP contribution in [-0.2, 0) is 11.2 Å². The zero-order valence-corrected chi connectivity index (χ0v) is 9.70. The summed E-state index contributed by atoms with van der Waals surface area (Å²) in [5, 5.41) is 2.96. The molecule has 16 heavy (non-hydrogen) atoms. The molecule has 0 unspecified atom stereocenters. The highest BCUT2D eigenvalue weighted by Gasteiger charge is 2.22. The largest absolute Gasteiger partial charge is 0.324 e. The van der Waals surface area contributed by atoms with E-state index >= 15 is 0 Å². The van der Waals surface area contributed by atoms with Gasteiger partial charge in [0.05, 0.1) is 11.9 Å². The summed E-state index contributed by atoms with van der Waals surface area (Å²) >= 11 is 0. The molecule has 3 nitrogen and oxygen atoms in total. The van der Waals surface area contributed by atoms with E-state index in [0.717, 1.165) is 30.5 Å². The van der Waals surface area contributed by atoms with Gasteiger partial charge in [-0.1, -0.05) is 19.8 Å². The predicted octanol–water partition coefficient (Wildman–Crippen LogP) is 2.77. The van der Waals surface area contributed by atoms with Crippen LogP contribution < -0.4 is 5.32 Å². The molecule has 1 amide bonds. The Balaban J connectivity index is 1.99. The number of nitrogens with zero attached hydrogens (tertiary/aromatic N) is 1. The first kappa shape index (κ1) is 11.1. The second-order valence-electron chi connectivity index (χ2n) is 4.41. The fourth-order valence-electron chi connectivity index (χ4n) is 2.18. The molecular weight excluding hydrogens is 200 g/mol. The van der Waals surface area contributed by atoms with Gasteiger partial charge in [0.2, 0.25) is 5.91 Å². The lowest BCUT2D eigenvalue weighted by atomic mass is 10.1. The van der Waals surface area contributed by atoms with Gasteiger partial charge in [-0.15, -0.1) is 0 Å². The first-order chi connectivity index (χ1) is 7.79. The second kappa shape index (κ2) is 5.10. The van der Waals surface area contributed by atoms with Gasteiger partial charge >= 0.3 is 0 Å². The van der Waals surface area contributed by atoms with E-state index < -0.39 is 0 Å². The SMILES string of the molecule is CCc1cncc(NC(=O)C2CCCC2)c1. The number of nitrogens with one attached hydrogen (secondary N) is 1. The molecule has 0 radical (unpaired) electrons. The lowest BCUT2D eigenvalue weighted by molar-refractivity contribution is -0.119. The van der Waals surface area contributed by atoms with Crippen molar-refractivity contribution in [2.45, 2.75) is 39.0 Å². The molecule has 3 heteroatoms. The van der Waals surface area contributed by atoms with Crippen molar-refractivity contribution >= 4 is 11.6 Å². The monoisotopic (exact) mass is 218 g/mol. The Kier molecular flexibility index (Phi) is 3.54. The van der Waals surface area contributed by atoms with Gasteiger partial charge in [-0.3, -0.25) is 9.78 Å². The van der Waals surface area contributed by atoms with Crippen molar-refractivity contribution in [1.29, 1.82) is 0 Å². The van der Waals surface area contributed by atoms with Crippen LogP contribution in [0.1, 0.15) is 38.2 Å². The number of aromatic nitrogens is 1. The molecular formula is C13H18N2O. The van der Waals surface area contributed by atoms with Gasteiger partial charge in [0.15, 0.2) is 0 Å². The fourth-order valence-corrected chi connectivity index (χ4v) is 2.18. The van der Waals surface area contributed by atoms with E-state index in [1.54, 1.807) is 6.20 Å². The third kappa shape index (κ3) is 2.60. The zero-order valence-electron chi connectivity index (χ0n) is 9.70. The molecule has 1 aliphatic carbocycles.